The number of unbranched alkanes of at least 4 members (excludes halogenated alkanes) is 3. The number of alkyl halides is 1. The molecule has 3 nitrogen and oxygen atoms in total. The zero-order valence-electron chi connectivity index (χ0n) is 18.9. The third-order valence-corrected chi connectivity index (χ3v) is 7.32. The van der Waals surface area contributed by atoms with Crippen LogP contribution < -0.4 is 5.73 Å². The van der Waals surface area contributed by atoms with Gasteiger partial charge in [0, 0.05) is 17.7 Å². The molecule has 1 aromatic carbocycles. The Labute approximate surface area is 193 Å². The van der Waals surface area contributed by atoms with Gasteiger partial charge in [-0.2, -0.15) is 0 Å². The van der Waals surface area contributed by atoms with Crippen molar-refractivity contribution in [2.24, 2.45) is 23.5 Å². The smallest absolute Gasteiger partial charge is 0.217 e. The molecule has 2 N–H and O–H groups in total. The number of aryl methyl sites for hydroxylation is 1. The number of hydrogen-bond donors (Lipinski definition) is 1. The maximum atomic E-state index is 11.9. The maximum Gasteiger partial charge on any atom is 0.217 e. The number of halogens is 1. The lowest BCUT2D eigenvalue weighted by Crippen LogP contribution is -2.30. The van der Waals surface area contributed by atoms with E-state index in [2.05, 4.69) is 36.9 Å². The molecule has 0 aliphatic heterocycles. The lowest BCUT2D eigenvalue weighted by molar-refractivity contribution is -0.120. The van der Waals surface area contributed by atoms with Crippen LogP contribution in [0.1, 0.15) is 82.6 Å². The summed E-state index contributed by atoms with van der Waals surface area (Å²) in [5.41, 5.74) is 6.90. The van der Waals surface area contributed by atoms with Crippen molar-refractivity contribution in [2.45, 2.75) is 88.8 Å². The lowest BCUT2D eigenvalue weighted by Gasteiger charge is -2.31. The maximum absolute atomic E-state index is 11.9. The molecule has 31 heavy (non-hydrogen) atoms. The van der Waals surface area contributed by atoms with E-state index in [-0.39, 0.29) is 23.0 Å². The SMILES string of the molecule is C=CC(=O)C1CCC(CCCCC(CCCCCc2ccccc2)CC(N)=O)CC1Cl. The van der Waals surface area contributed by atoms with E-state index in [0.717, 1.165) is 51.4 Å². The van der Waals surface area contributed by atoms with Crippen molar-refractivity contribution >= 4 is 23.3 Å². The fourth-order valence-electron chi connectivity index (χ4n) is 5.01. The van der Waals surface area contributed by atoms with Crippen LogP contribution in [0.4, 0.5) is 0 Å². The second kappa shape index (κ2) is 14.5. The van der Waals surface area contributed by atoms with Gasteiger partial charge < -0.3 is 5.73 Å². The normalized spacial score (nSPS) is 22.0. The molecule has 1 aliphatic rings. The van der Waals surface area contributed by atoms with Crippen molar-refractivity contribution in [3.63, 3.8) is 0 Å². The summed E-state index contributed by atoms with van der Waals surface area (Å²) in [6.45, 7) is 3.59. The number of primary amides is 1. The number of benzene rings is 1. The molecule has 0 radical (unpaired) electrons. The van der Waals surface area contributed by atoms with E-state index in [9.17, 15) is 9.59 Å². The Hall–Kier alpha value is -1.61. The summed E-state index contributed by atoms with van der Waals surface area (Å²) in [6, 6.07) is 10.6. The van der Waals surface area contributed by atoms with Gasteiger partial charge in [0.1, 0.15) is 0 Å². The Morgan fingerprint density at radius 2 is 1.77 bits per heavy atom. The minimum atomic E-state index is -0.176. The summed E-state index contributed by atoms with van der Waals surface area (Å²) in [4.78, 5) is 23.3. The third-order valence-electron chi connectivity index (χ3n) is 6.83. The Kier molecular flexibility index (Phi) is 12.0. The van der Waals surface area contributed by atoms with E-state index in [1.807, 2.05) is 0 Å². The first kappa shape index (κ1) is 25.6. The van der Waals surface area contributed by atoms with Crippen LogP contribution in [0.2, 0.25) is 0 Å². The second-order valence-electron chi connectivity index (χ2n) is 9.31. The van der Waals surface area contributed by atoms with Gasteiger partial charge in [-0.05, 0) is 68.4 Å². The molecule has 172 valence electrons. The molecule has 0 aromatic heterocycles. The Morgan fingerprint density at radius 3 is 2.42 bits per heavy atom. The van der Waals surface area contributed by atoms with Gasteiger partial charge in [-0.15, -0.1) is 11.6 Å². The van der Waals surface area contributed by atoms with Crippen molar-refractivity contribution in [3.8, 4) is 0 Å². The molecule has 4 unspecified atom stereocenters. The summed E-state index contributed by atoms with van der Waals surface area (Å²) >= 11 is 6.47. The van der Waals surface area contributed by atoms with Crippen molar-refractivity contribution in [2.75, 3.05) is 0 Å². The number of carbonyl (C=O) groups excluding carboxylic acids is 2. The Bertz CT molecular complexity index is 675. The van der Waals surface area contributed by atoms with E-state index in [1.165, 1.54) is 37.3 Å². The second-order valence-corrected chi connectivity index (χ2v) is 9.87. The van der Waals surface area contributed by atoms with Crippen LogP contribution in [0.3, 0.4) is 0 Å². The highest BCUT2D eigenvalue weighted by atomic mass is 35.5. The number of ketones is 1. The van der Waals surface area contributed by atoms with E-state index in [0.29, 0.717) is 18.3 Å². The topological polar surface area (TPSA) is 60.2 Å². The standard InChI is InChI=1S/C27H40ClNO2/c1-2-26(30)24-18-17-23(19-25(24)28)16-10-9-15-22(20-27(29)31)14-8-4-7-13-21-11-5-3-6-12-21/h2-3,5-6,11-12,22-25H,1,4,7-10,13-20H2,(H2,29,31). The molecule has 1 aromatic rings. The molecule has 1 saturated carbocycles. The predicted octanol–water partition coefficient (Wildman–Crippen LogP) is 6.62. The van der Waals surface area contributed by atoms with Crippen molar-refractivity contribution in [3.05, 3.63) is 48.6 Å². The highest BCUT2D eigenvalue weighted by molar-refractivity contribution is 6.22. The molecular formula is C27H40ClNO2. The van der Waals surface area contributed by atoms with Crippen LogP contribution in [-0.2, 0) is 16.0 Å². The highest BCUT2D eigenvalue weighted by Crippen LogP contribution is 2.36. The molecule has 1 aliphatic carbocycles. The third kappa shape index (κ3) is 10.0. The van der Waals surface area contributed by atoms with Gasteiger partial charge >= 0.3 is 0 Å². The quantitative estimate of drug-likeness (QED) is 0.187. The summed E-state index contributed by atoms with van der Waals surface area (Å²) in [6.07, 6.45) is 15.2. The summed E-state index contributed by atoms with van der Waals surface area (Å²) in [5.74, 6) is 0.901. The summed E-state index contributed by atoms with van der Waals surface area (Å²) < 4.78 is 0. The molecule has 0 spiro atoms. The lowest BCUT2D eigenvalue weighted by atomic mass is 9.77. The zero-order valence-corrected chi connectivity index (χ0v) is 19.7. The van der Waals surface area contributed by atoms with Crippen LogP contribution >= 0.6 is 11.6 Å². The number of amides is 1. The molecule has 0 bridgehead atoms. The number of rotatable bonds is 15. The van der Waals surface area contributed by atoms with E-state index < -0.39 is 0 Å². The number of allylic oxidation sites excluding steroid dienone is 1. The van der Waals surface area contributed by atoms with Crippen molar-refractivity contribution in [1.29, 1.82) is 0 Å². The molecule has 1 fully saturated rings. The molecule has 2 rings (SSSR count). The molecule has 1 amide bonds. The minimum Gasteiger partial charge on any atom is -0.370 e. The minimum absolute atomic E-state index is 0.0442. The molecular weight excluding hydrogens is 406 g/mol. The number of carbonyl (C=O) groups is 2. The van der Waals surface area contributed by atoms with Crippen molar-refractivity contribution in [1.82, 2.24) is 0 Å². The van der Waals surface area contributed by atoms with E-state index in [1.54, 1.807) is 0 Å². The summed E-state index contributed by atoms with van der Waals surface area (Å²) in [5, 5.41) is -0.0530. The van der Waals surface area contributed by atoms with Gasteiger partial charge in [-0.3, -0.25) is 9.59 Å². The molecule has 0 heterocycles. The predicted molar refractivity (Wildman–Crippen MR) is 130 cm³/mol. The van der Waals surface area contributed by atoms with Crippen LogP contribution in [0.5, 0.6) is 0 Å². The highest BCUT2D eigenvalue weighted by Gasteiger charge is 2.32. The van der Waals surface area contributed by atoms with Gasteiger partial charge in [0.2, 0.25) is 5.91 Å². The Balaban J connectivity index is 1.61. The number of nitrogens with two attached hydrogens (primary N) is 1. The first-order chi connectivity index (χ1) is 15.0. The van der Waals surface area contributed by atoms with Gasteiger partial charge in [0.15, 0.2) is 5.78 Å². The monoisotopic (exact) mass is 445 g/mol. The molecule has 4 heteroatoms. The van der Waals surface area contributed by atoms with Gasteiger partial charge in [0.25, 0.3) is 0 Å². The van der Waals surface area contributed by atoms with Gasteiger partial charge in [0.05, 0.1) is 0 Å². The first-order valence-corrected chi connectivity index (χ1v) is 12.6. The van der Waals surface area contributed by atoms with Crippen LogP contribution in [0.15, 0.2) is 43.0 Å². The Morgan fingerprint density at radius 1 is 1.06 bits per heavy atom. The van der Waals surface area contributed by atoms with Gasteiger partial charge in [-0.25, -0.2) is 0 Å². The number of hydrogen-bond acceptors (Lipinski definition) is 2. The molecule has 4 atom stereocenters. The average molecular weight is 446 g/mol. The fraction of sp³-hybridized carbons (Fsp3) is 0.630. The largest absolute Gasteiger partial charge is 0.370 e. The van der Waals surface area contributed by atoms with Crippen LogP contribution in [0, 0.1) is 17.8 Å². The van der Waals surface area contributed by atoms with Crippen LogP contribution in [0.25, 0.3) is 0 Å². The van der Waals surface area contributed by atoms with E-state index >= 15 is 0 Å². The average Bonchev–Trinajstić information content (AvgIpc) is 2.76. The molecule has 0 saturated heterocycles. The fourth-order valence-corrected chi connectivity index (χ4v) is 5.52. The van der Waals surface area contributed by atoms with Crippen LogP contribution in [-0.4, -0.2) is 17.1 Å². The summed E-state index contributed by atoms with van der Waals surface area (Å²) in [7, 11) is 0. The van der Waals surface area contributed by atoms with E-state index in [4.69, 9.17) is 17.3 Å². The van der Waals surface area contributed by atoms with Crippen molar-refractivity contribution < 1.29 is 9.59 Å². The first-order valence-electron chi connectivity index (χ1n) is 12.1. The van der Waals surface area contributed by atoms with Gasteiger partial charge in [-0.1, -0.05) is 69.0 Å². The zero-order chi connectivity index (χ0) is 22.5.